The Bertz CT molecular complexity index is 1450. The number of nitrogens with zero attached hydrogens (tertiary/aromatic N) is 3. The predicted octanol–water partition coefficient (Wildman–Crippen LogP) is 4.92. The zero-order valence-corrected chi connectivity index (χ0v) is 19.6. The third-order valence-corrected chi connectivity index (χ3v) is 6.11. The number of hydrogen-bond donors (Lipinski definition) is 1. The quantitative estimate of drug-likeness (QED) is 0.242. The van der Waals surface area contributed by atoms with Gasteiger partial charge in [-0.15, -0.1) is 0 Å². The van der Waals surface area contributed by atoms with Crippen LogP contribution in [0, 0.1) is 0 Å². The fourth-order valence-electron chi connectivity index (χ4n) is 4.00. The second-order valence-corrected chi connectivity index (χ2v) is 8.31. The molecule has 0 atom stereocenters. The fourth-order valence-corrected chi connectivity index (χ4v) is 4.38. The zero-order chi connectivity index (χ0) is 25.2. The molecular formula is C28H19N3O4S. The number of amides is 2. The third-order valence-electron chi connectivity index (χ3n) is 5.74. The number of carbonyl (C=O) groups excluding carboxylic acids is 2. The number of hydrogen-bond acceptors (Lipinski definition) is 4. The van der Waals surface area contributed by atoms with E-state index in [9.17, 15) is 19.5 Å². The minimum atomic E-state index is -1.02. The van der Waals surface area contributed by atoms with Gasteiger partial charge in [0.1, 0.15) is 5.57 Å². The molecule has 4 aromatic rings. The first-order valence-electron chi connectivity index (χ1n) is 11.0. The Hall–Kier alpha value is -4.82. The van der Waals surface area contributed by atoms with Crippen LogP contribution in [0.3, 0.4) is 0 Å². The molecule has 7 nitrogen and oxygen atoms in total. The van der Waals surface area contributed by atoms with Crippen LogP contribution in [0.5, 0.6) is 0 Å². The molecule has 0 radical (unpaired) electrons. The highest BCUT2D eigenvalue weighted by molar-refractivity contribution is 7.81. The number of carboxylic acid groups (broad SMARTS) is 1. The Kier molecular flexibility index (Phi) is 6.02. The lowest BCUT2D eigenvalue weighted by molar-refractivity contribution is -0.120. The molecule has 1 fully saturated rings. The smallest absolute Gasteiger partial charge is 0.335 e. The second-order valence-electron chi connectivity index (χ2n) is 7.95. The molecule has 0 unspecified atom stereocenters. The van der Waals surface area contributed by atoms with Crippen molar-refractivity contribution in [2.24, 2.45) is 0 Å². The molecule has 8 heteroatoms. The van der Waals surface area contributed by atoms with E-state index < -0.39 is 17.8 Å². The lowest BCUT2D eigenvalue weighted by Crippen LogP contribution is -2.56. The molecule has 1 aliphatic heterocycles. The molecule has 0 aliphatic carbocycles. The SMILES string of the molecule is O=C(O)c1ccc(-n2cccc2C=C2C(=O)N(c3ccccc3)C(=S)N(c3ccccc3)C2=O)cc1. The summed E-state index contributed by atoms with van der Waals surface area (Å²) in [5.41, 5.74) is 2.46. The summed E-state index contributed by atoms with van der Waals surface area (Å²) in [4.78, 5) is 41.2. The van der Waals surface area contributed by atoms with Crippen LogP contribution in [0.25, 0.3) is 11.8 Å². The summed E-state index contributed by atoms with van der Waals surface area (Å²) in [7, 11) is 0. The number of aromatic carboxylic acids is 1. The molecule has 2 amide bonds. The monoisotopic (exact) mass is 493 g/mol. The molecule has 0 saturated carbocycles. The first-order valence-corrected chi connectivity index (χ1v) is 11.4. The average molecular weight is 494 g/mol. The molecule has 1 aromatic heterocycles. The maximum absolute atomic E-state index is 13.7. The van der Waals surface area contributed by atoms with Gasteiger partial charge < -0.3 is 9.67 Å². The average Bonchev–Trinajstić information content (AvgIpc) is 3.36. The van der Waals surface area contributed by atoms with Gasteiger partial charge in [-0.2, -0.15) is 0 Å². The van der Waals surface area contributed by atoms with Crippen LogP contribution >= 0.6 is 12.2 Å². The summed E-state index contributed by atoms with van der Waals surface area (Å²) in [6.45, 7) is 0. The van der Waals surface area contributed by atoms with Gasteiger partial charge in [-0.25, -0.2) is 4.79 Å². The topological polar surface area (TPSA) is 82.8 Å². The van der Waals surface area contributed by atoms with Gasteiger partial charge in [0.15, 0.2) is 5.11 Å². The van der Waals surface area contributed by atoms with E-state index in [1.54, 1.807) is 83.6 Å². The normalized spacial score (nSPS) is 13.8. The van der Waals surface area contributed by atoms with Crippen LogP contribution < -0.4 is 9.80 Å². The van der Waals surface area contributed by atoms with Gasteiger partial charge >= 0.3 is 5.97 Å². The molecular weight excluding hydrogens is 474 g/mol. The van der Waals surface area contributed by atoms with E-state index in [0.717, 1.165) is 0 Å². The van der Waals surface area contributed by atoms with Crippen molar-refractivity contribution in [1.82, 2.24) is 4.57 Å². The number of carbonyl (C=O) groups is 3. The first kappa shape index (κ1) is 22.9. The molecule has 176 valence electrons. The number of carboxylic acids is 1. The van der Waals surface area contributed by atoms with Gasteiger partial charge in [-0.1, -0.05) is 36.4 Å². The summed E-state index contributed by atoms with van der Waals surface area (Å²) in [6.07, 6.45) is 3.30. The largest absolute Gasteiger partial charge is 0.478 e. The maximum atomic E-state index is 13.7. The van der Waals surface area contributed by atoms with Gasteiger partial charge in [0.05, 0.1) is 16.9 Å². The number of anilines is 2. The fraction of sp³-hybridized carbons (Fsp3) is 0. The number of benzene rings is 3. The van der Waals surface area contributed by atoms with Gasteiger partial charge in [0.2, 0.25) is 0 Å². The van der Waals surface area contributed by atoms with Gasteiger partial charge in [-0.3, -0.25) is 19.4 Å². The molecule has 2 heterocycles. The van der Waals surface area contributed by atoms with Crippen molar-refractivity contribution in [2.75, 3.05) is 9.80 Å². The molecule has 1 saturated heterocycles. The second kappa shape index (κ2) is 9.44. The van der Waals surface area contributed by atoms with Crippen molar-refractivity contribution in [3.8, 4) is 5.69 Å². The van der Waals surface area contributed by atoms with Crippen molar-refractivity contribution < 1.29 is 19.5 Å². The van der Waals surface area contributed by atoms with E-state index in [2.05, 4.69) is 0 Å². The van der Waals surface area contributed by atoms with E-state index in [1.807, 2.05) is 12.1 Å². The van der Waals surface area contributed by atoms with Crippen LogP contribution in [0.15, 0.2) is 109 Å². The highest BCUT2D eigenvalue weighted by Crippen LogP contribution is 2.30. The highest BCUT2D eigenvalue weighted by Gasteiger charge is 2.41. The maximum Gasteiger partial charge on any atom is 0.335 e. The van der Waals surface area contributed by atoms with Crippen LogP contribution in [-0.2, 0) is 9.59 Å². The summed E-state index contributed by atoms with van der Waals surface area (Å²) < 4.78 is 1.77. The first-order chi connectivity index (χ1) is 17.5. The lowest BCUT2D eigenvalue weighted by atomic mass is 10.1. The van der Waals surface area contributed by atoms with Crippen LogP contribution in [0.4, 0.5) is 11.4 Å². The van der Waals surface area contributed by atoms with Gasteiger partial charge in [0, 0.05) is 17.6 Å². The summed E-state index contributed by atoms with van der Waals surface area (Å²) in [5.74, 6) is -2.08. The summed E-state index contributed by atoms with van der Waals surface area (Å²) in [5, 5.41) is 9.25. The van der Waals surface area contributed by atoms with E-state index in [0.29, 0.717) is 22.8 Å². The van der Waals surface area contributed by atoms with Crippen molar-refractivity contribution in [1.29, 1.82) is 0 Å². The highest BCUT2D eigenvalue weighted by atomic mass is 32.1. The molecule has 0 bridgehead atoms. The Morgan fingerprint density at radius 3 is 1.72 bits per heavy atom. The van der Waals surface area contributed by atoms with E-state index in [4.69, 9.17) is 12.2 Å². The molecule has 5 rings (SSSR count). The van der Waals surface area contributed by atoms with E-state index in [1.165, 1.54) is 28.0 Å². The lowest BCUT2D eigenvalue weighted by Gasteiger charge is -2.36. The van der Waals surface area contributed by atoms with Crippen LogP contribution in [0.1, 0.15) is 16.1 Å². The molecule has 1 N–H and O–H groups in total. The van der Waals surface area contributed by atoms with E-state index >= 15 is 0 Å². The standard InChI is InChI=1S/C28H19N3O4S/c32-25-24(18-23-12-7-17-29(23)20-15-13-19(14-16-20)27(34)35)26(33)31(22-10-5-2-6-11-22)28(36)30(25)21-8-3-1-4-9-21/h1-18H,(H,34,35). The van der Waals surface area contributed by atoms with Crippen molar-refractivity contribution >= 4 is 52.6 Å². The summed E-state index contributed by atoms with van der Waals surface area (Å²) >= 11 is 5.63. The number of rotatable bonds is 5. The van der Waals surface area contributed by atoms with Crippen LogP contribution in [0.2, 0.25) is 0 Å². The molecule has 0 spiro atoms. The van der Waals surface area contributed by atoms with Gasteiger partial charge in [0.25, 0.3) is 11.8 Å². The zero-order valence-electron chi connectivity index (χ0n) is 18.8. The Labute approximate surface area is 212 Å². The summed E-state index contributed by atoms with van der Waals surface area (Å²) in [6, 6.07) is 27.8. The van der Waals surface area contributed by atoms with Gasteiger partial charge in [-0.05, 0) is 79.0 Å². The van der Waals surface area contributed by atoms with Crippen LogP contribution in [-0.4, -0.2) is 32.6 Å². The predicted molar refractivity (Wildman–Crippen MR) is 141 cm³/mol. The Morgan fingerprint density at radius 1 is 0.694 bits per heavy atom. The van der Waals surface area contributed by atoms with Crippen molar-refractivity contribution in [3.63, 3.8) is 0 Å². The number of thiocarbonyl (C=S) groups is 1. The minimum Gasteiger partial charge on any atom is -0.478 e. The number of aromatic nitrogens is 1. The third kappa shape index (κ3) is 4.10. The van der Waals surface area contributed by atoms with E-state index in [-0.39, 0.29) is 16.2 Å². The molecule has 3 aromatic carbocycles. The molecule has 1 aliphatic rings. The Morgan fingerprint density at radius 2 is 1.22 bits per heavy atom. The van der Waals surface area contributed by atoms with Crippen molar-refractivity contribution in [3.05, 3.63) is 120 Å². The number of para-hydroxylation sites is 2. The van der Waals surface area contributed by atoms with Crippen molar-refractivity contribution in [2.45, 2.75) is 0 Å². The Balaban J connectivity index is 1.62. The molecule has 36 heavy (non-hydrogen) atoms. The minimum absolute atomic E-state index is 0.0570.